The monoisotopic (exact) mass is 463 g/mol. The molecule has 1 saturated heterocycles. The van der Waals surface area contributed by atoms with Crippen LogP contribution in [0.3, 0.4) is 0 Å². The van der Waals surface area contributed by atoms with Crippen LogP contribution in [0.4, 0.5) is 5.69 Å². The minimum absolute atomic E-state index is 0.0201. The van der Waals surface area contributed by atoms with Gasteiger partial charge in [-0.2, -0.15) is 0 Å². The van der Waals surface area contributed by atoms with E-state index in [1.807, 2.05) is 0 Å². The quantitative estimate of drug-likeness (QED) is 0.633. The molecule has 1 amide bonds. The van der Waals surface area contributed by atoms with E-state index in [1.54, 1.807) is 30.3 Å². The molecular formula is C22H25NO8S. The van der Waals surface area contributed by atoms with Crippen molar-refractivity contribution in [2.45, 2.75) is 11.3 Å². The van der Waals surface area contributed by atoms with Crippen molar-refractivity contribution in [1.29, 1.82) is 0 Å². The van der Waals surface area contributed by atoms with Crippen molar-refractivity contribution in [2.75, 3.05) is 46.2 Å². The van der Waals surface area contributed by atoms with Crippen molar-refractivity contribution in [3.8, 4) is 28.7 Å². The van der Waals surface area contributed by atoms with E-state index in [-0.39, 0.29) is 11.7 Å². The van der Waals surface area contributed by atoms with E-state index in [0.717, 1.165) is 11.8 Å². The van der Waals surface area contributed by atoms with Crippen LogP contribution in [0, 0.1) is 0 Å². The van der Waals surface area contributed by atoms with Gasteiger partial charge in [0.05, 0.1) is 47.3 Å². The Morgan fingerprint density at radius 2 is 1.50 bits per heavy atom. The van der Waals surface area contributed by atoms with Crippen molar-refractivity contribution < 1.29 is 38.4 Å². The van der Waals surface area contributed by atoms with Gasteiger partial charge in [0.25, 0.3) is 0 Å². The Morgan fingerprint density at radius 3 is 2.00 bits per heavy atom. The van der Waals surface area contributed by atoms with Crippen LogP contribution in [-0.2, 0) is 9.59 Å². The highest BCUT2D eigenvalue weighted by molar-refractivity contribution is 8.01. The molecule has 2 atom stereocenters. The number of hydrogen-bond donors (Lipinski definition) is 1. The van der Waals surface area contributed by atoms with Crippen LogP contribution in [0.25, 0.3) is 0 Å². The molecular weight excluding hydrogens is 438 g/mol. The Labute approximate surface area is 190 Å². The lowest BCUT2D eigenvalue weighted by Gasteiger charge is -2.39. The SMILES string of the molecule is COc1ccc(N2C(=O)CSC(C(=O)O)C2c2cc(OC)c(OC)c(OC)c2)cc1OC. The number of carbonyl (C=O) groups excluding carboxylic acids is 1. The van der Waals surface area contributed by atoms with Crippen LogP contribution in [0.5, 0.6) is 28.7 Å². The highest BCUT2D eigenvalue weighted by Crippen LogP contribution is 2.46. The molecule has 0 bridgehead atoms. The van der Waals surface area contributed by atoms with Gasteiger partial charge >= 0.3 is 5.97 Å². The van der Waals surface area contributed by atoms with Gasteiger partial charge in [0.2, 0.25) is 11.7 Å². The minimum Gasteiger partial charge on any atom is -0.493 e. The van der Waals surface area contributed by atoms with Crippen molar-refractivity contribution >= 4 is 29.3 Å². The molecule has 2 unspecified atom stereocenters. The predicted molar refractivity (Wildman–Crippen MR) is 120 cm³/mol. The van der Waals surface area contributed by atoms with E-state index in [0.29, 0.717) is 40.0 Å². The number of carboxylic acids is 1. The number of ether oxygens (including phenoxy) is 5. The van der Waals surface area contributed by atoms with Crippen LogP contribution < -0.4 is 28.6 Å². The van der Waals surface area contributed by atoms with Gasteiger partial charge in [0.15, 0.2) is 23.0 Å². The summed E-state index contributed by atoms with van der Waals surface area (Å²) < 4.78 is 26.9. The van der Waals surface area contributed by atoms with E-state index < -0.39 is 17.3 Å². The molecule has 172 valence electrons. The molecule has 1 N–H and O–H groups in total. The predicted octanol–water partition coefficient (Wildman–Crippen LogP) is 3.00. The number of hydrogen-bond acceptors (Lipinski definition) is 8. The summed E-state index contributed by atoms with van der Waals surface area (Å²) in [4.78, 5) is 26.7. The standard InChI is InChI=1S/C22H25NO8S/c1-27-14-7-6-13(10-15(14)28-2)23-18(24)11-32-21(22(25)26)19(23)12-8-16(29-3)20(31-5)17(9-12)30-4/h6-10,19,21H,11H2,1-5H3,(H,25,26). The zero-order valence-corrected chi connectivity index (χ0v) is 19.2. The molecule has 2 aromatic rings. The second kappa shape index (κ2) is 9.90. The first-order chi connectivity index (χ1) is 15.4. The minimum atomic E-state index is -1.04. The molecule has 1 heterocycles. The molecule has 32 heavy (non-hydrogen) atoms. The molecule has 3 rings (SSSR count). The van der Waals surface area contributed by atoms with Gasteiger partial charge in [-0.25, -0.2) is 0 Å². The Morgan fingerprint density at radius 1 is 0.906 bits per heavy atom. The lowest BCUT2D eigenvalue weighted by Crippen LogP contribution is -2.48. The topological polar surface area (TPSA) is 104 Å². The number of carbonyl (C=O) groups is 2. The highest BCUT2D eigenvalue weighted by atomic mass is 32.2. The second-order valence-corrected chi connectivity index (χ2v) is 7.91. The van der Waals surface area contributed by atoms with Gasteiger partial charge in [0.1, 0.15) is 5.25 Å². The highest BCUT2D eigenvalue weighted by Gasteiger charge is 2.43. The van der Waals surface area contributed by atoms with E-state index in [2.05, 4.69) is 0 Å². The maximum absolute atomic E-state index is 13.1. The molecule has 0 aromatic heterocycles. The van der Waals surface area contributed by atoms with Gasteiger partial charge in [-0.3, -0.25) is 9.59 Å². The first-order valence-corrected chi connectivity index (χ1v) is 10.6. The van der Waals surface area contributed by atoms with Crippen molar-refractivity contribution in [1.82, 2.24) is 0 Å². The van der Waals surface area contributed by atoms with Crippen molar-refractivity contribution in [3.63, 3.8) is 0 Å². The third kappa shape index (κ3) is 4.22. The number of anilines is 1. The van der Waals surface area contributed by atoms with E-state index in [1.165, 1.54) is 40.4 Å². The lowest BCUT2D eigenvalue weighted by atomic mass is 9.98. The summed E-state index contributed by atoms with van der Waals surface area (Å²) in [6, 6.07) is 7.50. The molecule has 1 aliphatic heterocycles. The number of rotatable bonds is 8. The second-order valence-electron chi connectivity index (χ2n) is 6.78. The zero-order chi connectivity index (χ0) is 23.4. The molecule has 0 saturated carbocycles. The molecule has 10 heteroatoms. The van der Waals surface area contributed by atoms with Crippen LogP contribution in [0.1, 0.15) is 11.6 Å². The van der Waals surface area contributed by atoms with Gasteiger partial charge in [-0.15, -0.1) is 11.8 Å². The third-order valence-corrected chi connectivity index (χ3v) is 6.37. The van der Waals surface area contributed by atoms with E-state index in [9.17, 15) is 14.7 Å². The fraction of sp³-hybridized carbons (Fsp3) is 0.364. The van der Waals surface area contributed by atoms with Gasteiger partial charge in [-0.05, 0) is 29.8 Å². The smallest absolute Gasteiger partial charge is 0.319 e. The molecule has 1 aliphatic rings. The number of amides is 1. The molecule has 0 aliphatic carbocycles. The van der Waals surface area contributed by atoms with Gasteiger partial charge in [-0.1, -0.05) is 0 Å². The van der Waals surface area contributed by atoms with E-state index in [4.69, 9.17) is 23.7 Å². The third-order valence-electron chi connectivity index (χ3n) is 5.14. The van der Waals surface area contributed by atoms with Crippen LogP contribution in [0.15, 0.2) is 30.3 Å². The number of nitrogens with zero attached hydrogens (tertiary/aromatic N) is 1. The van der Waals surface area contributed by atoms with Crippen LogP contribution >= 0.6 is 11.8 Å². The first-order valence-electron chi connectivity index (χ1n) is 9.58. The molecule has 0 radical (unpaired) electrons. The number of thioether (sulfide) groups is 1. The number of carboxylic acid groups (broad SMARTS) is 1. The summed E-state index contributed by atoms with van der Waals surface area (Å²) in [5.74, 6) is 0.762. The molecule has 9 nitrogen and oxygen atoms in total. The molecule has 0 spiro atoms. The van der Waals surface area contributed by atoms with E-state index >= 15 is 0 Å². The summed E-state index contributed by atoms with van der Waals surface area (Å²) in [6.07, 6.45) is 0. The number of benzene rings is 2. The van der Waals surface area contributed by atoms with Gasteiger partial charge in [0, 0.05) is 11.8 Å². The Hall–Kier alpha value is -3.27. The lowest BCUT2D eigenvalue weighted by molar-refractivity contribution is -0.137. The summed E-state index contributed by atoms with van der Waals surface area (Å²) in [5.41, 5.74) is 1.01. The number of methoxy groups -OCH3 is 5. The van der Waals surface area contributed by atoms with Crippen LogP contribution in [0.2, 0.25) is 0 Å². The Balaban J connectivity index is 2.22. The molecule has 2 aromatic carbocycles. The van der Waals surface area contributed by atoms with Crippen molar-refractivity contribution in [3.05, 3.63) is 35.9 Å². The average molecular weight is 464 g/mol. The summed E-state index contributed by atoms with van der Waals surface area (Å²) >= 11 is 1.08. The average Bonchev–Trinajstić information content (AvgIpc) is 2.81. The number of aliphatic carboxylic acids is 1. The van der Waals surface area contributed by atoms with Crippen molar-refractivity contribution in [2.24, 2.45) is 0 Å². The maximum Gasteiger partial charge on any atom is 0.319 e. The van der Waals surface area contributed by atoms with Crippen LogP contribution in [-0.4, -0.2) is 63.5 Å². The fourth-order valence-corrected chi connectivity index (χ4v) is 4.76. The summed E-state index contributed by atoms with van der Waals surface area (Å²) in [7, 11) is 7.44. The molecule has 1 fully saturated rings. The Kier molecular flexibility index (Phi) is 7.24. The largest absolute Gasteiger partial charge is 0.493 e. The summed E-state index contributed by atoms with van der Waals surface area (Å²) in [5, 5.41) is 9.04. The van der Waals surface area contributed by atoms with Gasteiger partial charge < -0.3 is 33.7 Å². The first kappa shape index (κ1) is 23.4. The zero-order valence-electron chi connectivity index (χ0n) is 18.4. The Bertz CT molecular complexity index is 986. The fourth-order valence-electron chi connectivity index (χ4n) is 3.69. The summed E-state index contributed by atoms with van der Waals surface area (Å²) in [6.45, 7) is 0. The maximum atomic E-state index is 13.1. The normalized spacial score (nSPS) is 18.2.